The molecule has 0 spiro atoms. The van der Waals surface area contributed by atoms with Crippen molar-refractivity contribution in [3.05, 3.63) is 21.3 Å². The Balaban J connectivity index is 2.12. The molecule has 1 N–H and O–H groups in total. The molecule has 86 valence electrons. The minimum Gasteiger partial charge on any atom is -0.315 e. The second-order valence-corrected chi connectivity index (χ2v) is 7.40. The highest BCUT2D eigenvalue weighted by Gasteiger charge is 2.01. The maximum atomic E-state index is 10.8. The number of nitrogens with one attached hydrogen (secondary N) is 1. The van der Waals surface area contributed by atoms with Crippen LogP contribution in [0, 0.1) is 0 Å². The molecule has 0 fully saturated rings. The maximum Gasteiger partial charge on any atom is 0.148 e. The van der Waals surface area contributed by atoms with E-state index in [1.54, 1.807) is 11.3 Å². The van der Waals surface area contributed by atoms with Crippen LogP contribution in [-0.4, -0.2) is 33.5 Å². The van der Waals surface area contributed by atoms with Crippen LogP contribution in [-0.2, 0) is 16.3 Å². The van der Waals surface area contributed by atoms with E-state index < -0.39 is 9.84 Å². The van der Waals surface area contributed by atoms with Crippen LogP contribution in [0.2, 0.25) is 4.34 Å². The third-order valence-electron chi connectivity index (χ3n) is 1.83. The number of sulfone groups is 1. The predicted octanol–water partition coefficient (Wildman–Crippen LogP) is 1.58. The molecule has 6 heteroatoms. The fourth-order valence-electron chi connectivity index (χ4n) is 1.08. The standard InChI is InChI=1S/C9H14ClNO2S2/c1-15(12,13)7-6-11-5-4-8-2-3-9(10)14-8/h2-3,11H,4-7H2,1H3. The lowest BCUT2D eigenvalue weighted by molar-refractivity contribution is 0.596. The summed E-state index contributed by atoms with van der Waals surface area (Å²) < 4.78 is 22.4. The zero-order valence-electron chi connectivity index (χ0n) is 8.49. The Bertz CT molecular complexity index is 400. The molecule has 15 heavy (non-hydrogen) atoms. The van der Waals surface area contributed by atoms with Gasteiger partial charge in [-0.25, -0.2) is 8.42 Å². The molecule has 0 amide bonds. The van der Waals surface area contributed by atoms with Gasteiger partial charge in [-0.05, 0) is 25.1 Å². The van der Waals surface area contributed by atoms with Gasteiger partial charge in [0.05, 0.1) is 10.1 Å². The van der Waals surface area contributed by atoms with Crippen LogP contribution in [0.4, 0.5) is 0 Å². The van der Waals surface area contributed by atoms with Gasteiger partial charge in [0.1, 0.15) is 9.84 Å². The summed E-state index contributed by atoms with van der Waals surface area (Å²) in [6.45, 7) is 1.30. The molecule has 0 saturated heterocycles. The van der Waals surface area contributed by atoms with Crippen molar-refractivity contribution in [1.82, 2.24) is 5.32 Å². The average Bonchev–Trinajstić information content (AvgIpc) is 2.49. The summed E-state index contributed by atoms with van der Waals surface area (Å²) >= 11 is 7.34. The lowest BCUT2D eigenvalue weighted by Crippen LogP contribution is -2.24. The van der Waals surface area contributed by atoms with Crippen LogP contribution in [0.5, 0.6) is 0 Å². The van der Waals surface area contributed by atoms with Crippen molar-refractivity contribution >= 4 is 32.8 Å². The first-order chi connectivity index (χ1) is 6.97. The van der Waals surface area contributed by atoms with Gasteiger partial charge in [-0.3, -0.25) is 0 Å². The summed E-state index contributed by atoms with van der Waals surface area (Å²) in [5, 5.41) is 3.08. The molecule has 0 aromatic carbocycles. The topological polar surface area (TPSA) is 46.2 Å². The molecule has 0 radical (unpaired) electrons. The van der Waals surface area contributed by atoms with Crippen molar-refractivity contribution in [3.63, 3.8) is 0 Å². The first-order valence-electron chi connectivity index (χ1n) is 4.60. The summed E-state index contributed by atoms with van der Waals surface area (Å²) in [5.74, 6) is 0.193. The molecule has 0 aliphatic rings. The van der Waals surface area contributed by atoms with E-state index in [-0.39, 0.29) is 5.75 Å². The zero-order valence-corrected chi connectivity index (χ0v) is 10.9. The first-order valence-corrected chi connectivity index (χ1v) is 7.85. The fourth-order valence-corrected chi connectivity index (χ4v) is 2.68. The number of thiophene rings is 1. The molecular weight excluding hydrogens is 254 g/mol. The van der Waals surface area contributed by atoms with Gasteiger partial charge in [-0.2, -0.15) is 0 Å². The minimum absolute atomic E-state index is 0.193. The molecule has 0 aliphatic carbocycles. The van der Waals surface area contributed by atoms with Gasteiger partial charge in [0, 0.05) is 17.7 Å². The molecule has 0 aliphatic heterocycles. The monoisotopic (exact) mass is 267 g/mol. The lowest BCUT2D eigenvalue weighted by atomic mass is 10.3. The molecule has 1 rings (SSSR count). The number of hydrogen-bond donors (Lipinski definition) is 1. The van der Waals surface area contributed by atoms with Crippen LogP contribution in [0.1, 0.15) is 4.88 Å². The first kappa shape index (κ1) is 13.0. The normalized spacial score (nSPS) is 11.9. The summed E-state index contributed by atoms with van der Waals surface area (Å²) in [7, 11) is -2.85. The zero-order chi connectivity index (χ0) is 11.3. The molecule has 0 bridgehead atoms. The third-order valence-corrected chi connectivity index (χ3v) is 4.06. The Labute approximate surface area is 99.4 Å². The third kappa shape index (κ3) is 6.14. The largest absolute Gasteiger partial charge is 0.315 e. The van der Waals surface area contributed by atoms with E-state index in [1.807, 2.05) is 12.1 Å². The fraction of sp³-hybridized carbons (Fsp3) is 0.556. The van der Waals surface area contributed by atoms with Gasteiger partial charge in [0.2, 0.25) is 0 Å². The highest BCUT2D eigenvalue weighted by atomic mass is 35.5. The molecule has 3 nitrogen and oxygen atoms in total. The van der Waals surface area contributed by atoms with E-state index in [9.17, 15) is 8.42 Å². The number of hydrogen-bond acceptors (Lipinski definition) is 4. The molecule has 0 saturated carbocycles. The van der Waals surface area contributed by atoms with E-state index in [4.69, 9.17) is 11.6 Å². The molecule has 0 unspecified atom stereocenters. The van der Waals surface area contributed by atoms with Crippen LogP contribution in [0.15, 0.2) is 12.1 Å². The molecule has 1 aromatic heterocycles. The molecule has 0 atom stereocenters. The van der Waals surface area contributed by atoms with Crippen LogP contribution < -0.4 is 5.32 Å². The highest BCUT2D eigenvalue weighted by Crippen LogP contribution is 2.21. The minimum atomic E-state index is -2.85. The Kier molecular flexibility index (Phi) is 5.05. The van der Waals surface area contributed by atoms with Crippen molar-refractivity contribution < 1.29 is 8.42 Å². The Morgan fingerprint density at radius 2 is 2.13 bits per heavy atom. The summed E-state index contributed by atoms with van der Waals surface area (Å²) in [6, 6.07) is 3.86. The van der Waals surface area contributed by atoms with E-state index in [1.165, 1.54) is 11.1 Å². The van der Waals surface area contributed by atoms with Gasteiger partial charge in [0.25, 0.3) is 0 Å². The van der Waals surface area contributed by atoms with Crippen molar-refractivity contribution in [2.24, 2.45) is 0 Å². The van der Waals surface area contributed by atoms with E-state index >= 15 is 0 Å². The van der Waals surface area contributed by atoms with Crippen molar-refractivity contribution in [2.45, 2.75) is 6.42 Å². The predicted molar refractivity (Wildman–Crippen MR) is 65.6 cm³/mol. The Hall–Kier alpha value is -0.100. The van der Waals surface area contributed by atoms with Crippen molar-refractivity contribution in [2.75, 3.05) is 25.1 Å². The van der Waals surface area contributed by atoms with Crippen molar-refractivity contribution in [3.8, 4) is 0 Å². The maximum absolute atomic E-state index is 10.8. The van der Waals surface area contributed by atoms with E-state index in [0.717, 1.165) is 17.3 Å². The van der Waals surface area contributed by atoms with Crippen LogP contribution >= 0.6 is 22.9 Å². The van der Waals surface area contributed by atoms with Gasteiger partial charge < -0.3 is 5.32 Å². The Morgan fingerprint density at radius 3 is 2.67 bits per heavy atom. The second-order valence-electron chi connectivity index (χ2n) is 3.34. The van der Waals surface area contributed by atoms with Gasteiger partial charge in [0.15, 0.2) is 0 Å². The van der Waals surface area contributed by atoms with E-state index in [0.29, 0.717) is 6.54 Å². The van der Waals surface area contributed by atoms with Gasteiger partial charge in [-0.15, -0.1) is 11.3 Å². The summed E-state index contributed by atoms with van der Waals surface area (Å²) in [4.78, 5) is 1.21. The van der Waals surface area contributed by atoms with Crippen molar-refractivity contribution in [1.29, 1.82) is 0 Å². The molecular formula is C9H14ClNO2S2. The quantitative estimate of drug-likeness (QED) is 0.796. The molecule has 1 heterocycles. The number of rotatable bonds is 6. The average molecular weight is 268 g/mol. The van der Waals surface area contributed by atoms with Crippen LogP contribution in [0.3, 0.4) is 0 Å². The second kappa shape index (κ2) is 5.84. The summed E-state index contributed by atoms with van der Waals surface area (Å²) in [5.41, 5.74) is 0. The van der Waals surface area contributed by atoms with Crippen LogP contribution in [0.25, 0.3) is 0 Å². The van der Waals surface area contributed by atoms with E-state index in [2.05, 4.69) is 5.32 Å². The molecule has 1 aromatic rings. The van der Waals surface area contributed by atoms with Gasteiger partial charge >= 0.3 is 0 Å². The number of halogens is 1. The highest BCUT2D eigenvalue weighted by molar-refractivity contribution is 7.90. The Morgan fingerprint density at radius 1 is 1.40 bits per heavy atom. The van der Waals surface area contributed by atoms with Gasteiger partial charge in [-0.1, -0.05) is 11.6 Å². The summed E-state index contributed by atoms with van der Waals surface area (Å²) in [6.07, 6.45) is 2.13. The lowest BCUT2D eigenvalue weighted by Gasteiger charge is -2.01. The SMILES string of the molecule is CS(=O)(=O)CCNCCc1ccc(Cl)s1. The smallest absolute Gasteiger partial charge is 0.148 e.